The lowest BCUT2D eigenvalue weighted by atomic mass is 10.0. The van der Waals surface area contributed by atoms with E-state index in [0.29, 0.717) is 5.92 Å². The second-order valence-electron chi connectivity index (χ2n) is 8.76. The summed E-state index contributed by atoms with van der Waals surface area (Å²) in [5.41, 5.74) is 5.34. The van der Waals surface area contributed by atoms with E-state index in [2.05, 4.69) is 70.2 Å². The maximum Gasteiger partial charge on any atom is 0.128 e. The maximum atomic E-state index is 6.44. The zero-order valence-corrected chi connectivity index (χ0v) is 18.9. The third-order valence-corrected chi connectivity index (χ3v) is 5.95. The highest BCUT2D eigenvalue weighted by Crippen LogP contribution is 2.42. The van der Waals surface area contributed by atoms with E-state index >= 15 is 0 Å². The van der Waals surface area contributed by atoms with Crippen molar-refractivity contribution in [1.82, 2.24) is 0 Å². The fourth-order valence-electron chi connectivity index (χ4n) is 4.19. The van der Waals surface area contributed by atoms with Crippen LogP contribution in [0.2, 0.25) is 0 Å². The monoisotopic (exact) mass is 390 g/mol. The molecule has 1 heteroatoms. The number of ether oxygens (including phenoxy) is 1. The molecule has 1 aromatic rings. The molecule has 2 aliphatic carbocycles. The lowest BCUT2D eigenvalue weighted by molar-refractivity contribution is 0.306. The van der Waals surface area contributed by atoms with Gasteiger partial charge in [-0.15, -0.1) is 0 Å². The Bertz CT molecular complexity index is 877. The van der Waals surface area contributed by atoms with Gasteiger partial charge in [-0.05, 0) is 58.4 Å². The lowest BCUT2D eigenvalue weighted by Crippen LogP contribution is -1.98. The fraction of sp³-hybridized carbons (Fsp3) is 0.500. The van der Waals surface area contributed by atoms with Gasteiger partial charge in [0.25, 0.3) is 0 Å². The zero-order chi connectivity index (χ0) is 20.6. The SMILES string of the molecule is CCCCCCCCOc1cc(C(C)C)ccc2cc3ccc(CCC)cc3c1-2. The molecule has 1 aromatic carbocycles. The minimum atomic E-state index is 0.491. The highest BCUT2D eigenvalue weighted by Gasteiger charge is 2.16. The van der Waals surface area contributed by atoms with Crippen molar-refractivity contribution >= 4 is 10.8 Å². The Kier molecular flexibility index (Phi) is 7.98. The third kappa shape index (κ3) is 5.53. The predicted octanol–water partition coefficient (Wildman–Crippen LogP) is 8.76. The summed E-state index contributed by atoms with van der Waals surface area (Å²) in [6.07, 6.45) is 10.1. The first-order valence-electron chi connectivity index (χ1n) is 11.8. The lowest BCUT2D eigenvalue weighted by Gasteiger charge is -2.11. The quantitative estimate of drug-likeness (QED) is 0.297. The van der Waals surface area contributed by atoms with E-state index in [1.807, 2.05) is 0 Å². The first-order valence-corrected chi connectivity index (χ1v) is 11.8. The minimum Gasteiger partial charge on any atom is -0.493 e. The Morgan fingerprint density at radius 2 is 1.59 bits per heavy atom. The molecule has 156 valence electrons. The predicted molar refractivity (Wildman–Crippen MR) is 128 cm³/mol. The van der Waals surface area contributed by atoms with Crippen LogP contribution in [-0.2, 0) is 6.42 Å². The van der Waals surface area contributed by atoms with Gasteiger partial charge in [0.2, 0.25) is 0 Å². The van der Waals surface area contributed by atoms with Crippen molar-refractivity contribution in [2.45, 2.75) is 85.0 Å². The maximum absolute atomic E-state index is 6.44. The molecule has 0 atom stereocenters. The molecular weight excluding hydrogens is 352 g/mol. The van der Waals surface area contributed by atoms with Crippen LogP contribution in [-0.4, -0.2) is 6.61 Å². The Morgan fingerprint density at radius 3 is 2.34 bits per heavy atom. The molecule has 3 rings (SSSR count). The molecule has 2 aliphatic rings. The molecule has 0 fully saturated rings. The summed E-state index contributed by atoms with van der Waals surface area (Å²) < 4.78 is 6.44. The van der Waals surface area contributed by atoms with Gasteiger partial charge in [-0.1, -0.05) is 96.6 Å². The van der Waals surface area contributed by atoms with E-state index < -0.39 is 0 Å². The Morgan fingerprint density at radius 1 is 0.793 bits per heavy atom. The number of benzene rings is 1. The van der Waals surface area contributed by atoms with Crippen molar-refractivity contribution in [1.29, 1.82) is 0 Å². The van der Waals surface area contributed by atoms with Crippen LogP contribution in [0.5, 0.6) is 5.75 Å². The van der Waals surface area contributed by atoms with Gasteiger partial charge in [0.05, 0.1) is 6.61 Å². The number of hydrogen-bond donors (Lipinski definition) is 0. The fourth-order valence-corrected chi connectivity index (χ4v) is 4.19. The van der Waals surface area contributed by atoms with Crippen LogP contribution < -0.4 is 4.74 Å². The molecule has 0 aromatic heterocycles. The normalized spacial score (nSPS) is 11.6. The average Bonchev–Trinajstić information content (AvgIpc) is 2.96. The van der Waals surface area contributed by atoms with Crippen LogP contribution in [0.1, 0.15) is 89.7 Å². The van der Waals surface area contributed by atoms with Crippen LogP contribution >= 0.6 is 0 Å². The van der Waals surface area contributed by atoms with Gasteiger partial charge in [-0.2, -0.15) is 0 Å². The first kappa shape index (κ1) is 21.7. The van der Waals surface area contributed by atoms with Crippen molar-refractivity contribution in [2.24, 2.45) is 0 Å². The van der Waals surface area contributed by atoms with Crippen LogP contribution in [0.4, 0.5) is 0 Å². The van der Waals surface area contributed by atoms with Crippen molar-refractivity contribution in [3.05, 3.63) is 53.6 Å². The minimum absolute atomic E-state index is 0.491. The molecule has 0 unspecified atom stereocenters. The number of aryl methyl sites for hydroxylation is 1. The molecule has 0 saturated heterocycles. The summed E-state index contributed by atoms with van der Waals surface area (Å²) in [7, 11) is 0. The summed E-state index contributed by atoms with van der Waals surface area (Å²) in [5.74, 6) is 1.55. The van der Waals surface area contributed by atoms with Gasteiger partial charge in [0.15, 0.2) is 0 Å². The van der Waals surface area contributed by atoms with Crippen LogP contribution in [0.3, 0.4) is 0 Å². The van der Waals surface area contributed by atoms with E-state index in [0.717, 1.165) is 25.2 Å². The summed E-state index contributed by atoms with van der Waals surface area (Å²) in [6.45, 7) is 9.84. The van der Waals surface area contributed by atoms with Crippen LogP contribution in [0.25, 0.3) is 21.9 Å². The van der Waals surface area contributed by atoms with Gasteiger partial charge in [0.1, 0.15) is 5.75 Å². The second kappa shape index (κ2) is 10.7. The molecule has 0 aliphatic heterocycles. The summed E-state index contributed by atoms with van der Waals surface area (Å²) >= 11 is 0. The van der Waals surface area contributed by atoms with Crippen LogP contribution in [0.15, 0.2) is 42.5 Å². The molecule has 0 heterocycles. The Balaban J connectivity index is 1.90. The Labute approximate surface area is 177 Å². The van der Waals surface area contributed by atoms with E-state index in [9.17, 15) is 0 Å². The van der Waals surface area contributed by atoms with Gasteiger partial charge in [-0.25, -0.2) is 0 Å². The zero-order valence-electron chi connectivity index (χ0n) is 18.9. The number of hydrogen-bond acceptors (Lipinski definition) is 1. The molecule has 0 amide bonds. The van der Waals surface area contributed by atoms with E-state index in [-0.39, 0.29) is 0 Å². The molecule has 0 saturated carbocycles. The number of fused-ring (bicyclic) bond motifs is 3. The van der Waals surface area contributed by atoms with E-state index in [1.165, 1.54) is 71.6 Å². The van der Waals surface area contributed by atoms with Crippen LogP contribution in [0, 0.1) is 0 Å². The van der Waals surface area contributed by atoms with E-state index in [4.69, 9.17) is 4.74 Å². The van der Waals surface area contributed by atoms with Crippen molar-refractivity contribution < 1.29 is 4.74 Å². The van der Waals surface area contributed by atoms with Crippen molar-refractivity contribution in [3.63, 3.8) is 0 Å². The molecule has 1 nitrogen and oxygen atoms in total. The van der Waals surface area contributed by atoms with E-state index in [1.54, 1.807) is 0 Å². The van der Waals surface area contributed by atoms with Gasteiger partial charge < -0.3 is 4.74 Å². The molecule has 0 spiro atoms. The summed E-state index contributed by atoms with van der Waals surface area (Å²) in [6, 6.07) is 16.1. The highest BCUT2D eigenvalue weighted by molar-refractivity contribution is 6.04. The summed E-state index contributed by atoms with van der Waals surface area (Å²) in [4.78, 5) is 0. The van der Waals surface area contributed by atoms with Gasteiger partial charge in [0, 0.05) is 5.56 Å². The average molecular weight is 391 g/mol. The van der Waals surface area contributed by atoms with Gasteiger partial charge >= 0.3 is 0 Å². The largest absolute Gasteiger partial charge is 0.493 e. The van der Waals surface area contributed by atoms with Gasteiger partial charge in [-0.3, -0.25) is 0 Å². The Hall–Kier alpha value is -2.02. The van der Waals surface area contributed by atoms with Crippen molar-refractivity contribution in [2.75, 3.05) is 6.61 Å². The number of unbranched alkanes of at least 4 members (excludes halogenated alkanes) is 5. The molecular formula is C28H38O. The standard InChI is InChI=1S/C28H38O/c1-5-7-8-9-10-11-17-29-27-20-23(21(3)4)15-16-25-19-24-14-13-22(12-6-2)18-26(24)28(25)27/h13-16,18-21H,5-12,17H2,1-4H3. The molecule has 0 N–H and O–H groups in total. The third-order valence-electron chi connectivity index (χ3n) is 5.95. The smallest absolute Gasteiger partial charge is 0.128 e. The second-order valence-corrected chi connectivity index (χ2v) is 8.76. The summed E-state index contributed by atoms with van der Waals surface area (Å²) in [5, 5.41) is 2.66. The van der Waals surface area contributed by atoms with Crippen molar-refractivity contribution in [3.8, 4) is 16.9 Å². The molecule has 29 heavy (non-hydrogen) atoms. The first-order chi connectivity index (χ1) is 14.1. The molecule has 0 bridgehead atoms. The highest BCUT2D eigenvalue weighted by atomic mass is 16.5. The topological polar surface area (TPSA) is 9.23 Å². The number of rotatable bonds is 11. The molecule has 0 radical (unpaired) electrons.